The van der Waals surface area contributed by atoms with E-state index < -0.39 is 21.8 Å². The fourth-order valence-electron chi connectivity index (χ4n) is 3.14. The highest BCUT2D eigenvalue weighted by molar-refractivity contribution is 7.93. The summed E-state index contributed by atoms with van der Waals surface area (Å²) in [5.41, 5.74) is -0.565. The molecular formula is C23H12F3N5O3S2. The standard InChI is InChI=1S/C23H12F3N5O3S2/c24-23(25,26)17-4-6-21(19(10-17)15-3-1-2-14(8-15)11-27)34-20-7-5-18(9-16(20)12-28)36(32,33)31-22-29-13-30-35-22/h1-10,13H,(H,29,30,31). The van der Waals surface area contributed by atoms with E-state index in [1.54, 1.807) is 0 Å². The third-order valence-electron chi connectivity index (χ3n) is 4.79. The van der Waals surface area contributed by atoms with E-state index in [4.69, 9.17) is 4.74 Å². The van der Waals surface area contributed by atoms with Crippen molar-refractivity contribution >= 4 is 26.7 Å². The molecule has 3 aromatic carbocycles. The molecule has 13 heteroatoms. The van der Waals surface area contributed by atoms with E-state index >= 15 is 0 Å². The smallest absolute Gasteiger partial charge is 0.416 e. The third kappa shape index (κ3) is 5.27. The van der Waals surface area contributed by atoms with Gasteiger partial charge >= 0.3 is 6.18 Å². The van der Waals surface area contributed by atoms with Gasteiger partial charge < -0.3 is 4.74 Å². The van der Waals surface area contributed by atoms with Crippen LogP contribution in [0.4, 0.5) is 18.3 Å². The van der Waals surface area contributed by atoms with Crippen molar-refractivity contribution in [1.29, 1.82) is 10.5 Å². The van der Waals surface area contributed by atoms with E-state index in [2.05, 4.69) is 14.1 Å². The second-order valence-electron chi connectivity index (χ2n) is 7.13. The van der Waals surface area contributed by atoms with Gasteiger partial charge in [-0.2, -0.15) is 28.1 Å². The number of aromatic nitrogens is 2. The molecular weight excluding hydrogens is 515 g/mol. The molecule has 0 fully saturated rings. The molecule has 0 atom stereocenters. The molecule has 4 aromatic rings. The van der Waals surface area contributed by atoms with Crippen LogP contribution in [0.2, 0.25) is 0 Å². The van der Waals surface area contributed by atoms with E-state index in [1.165, 1.54) is 42.7 Å². The van der Waals surface area contributed by atoms with Gasteiger partial charge in [-0.15, -0.1) is 0 Å². The highest BCUT2D eigenvalue weighted by Crippen LogP contribution is 2.40. The minimum absolute atomic E-state index is 0.0282. The van der Waals surface area contributed by atoms with Gasteiger partial charge in [-0.1, -0.05) is 12.1 Å². The normalized spacial score (nSPS) is 11.4. The Kier molecular flexibility index (Phi) is 6.61. The van der Waals surface area contributed by atoms with Crippen LogP contribution in [0.3, 0.4) is 0 Å². The van der Waals surface area contributed by atoms with Crippen LogP contribution in [-0.4, -0.2) is 17.8 Å². The topological polar surface area (TPSA) is 129 Å². The highest BCUT2D eigenvalue weighted by atomic mass is 32.2. The fourth-order valence-corrected chi connectivity index (χ4v) is 4.83. The number of nitrogens with one attached hydrogen (secondary N) is 1. The Hall–Kier alpha value is -4.46. The summed E-state index contributed by atoms with van der Waals surface area (Å²) in [4.78, 5) is 3.49. The number of nitriles is 2. The second kappa shape index (κ2) is 9.65. The van der Waals surface area contributed by atoms with Crippen LogP contribution >= 0.6 is 11.5 Å². The summed E-state index contributed by atoms with van der Waals surface area (Å²) in [6, 6.07) is 16.0. The molecule has 36 heavy (non-hydrogen) atoms. The minimum atomic E-state index is -4.63. The molecule has 180 valence electrons. The molecule has 0 aliphatic rings. The fraction of sp³-hybridized carbons (Fsp3) is 0.0435. The third-order valence-corrected chi connectivity index (χ3v) is 6.84. The summed E-state index contributed by atoms with van der Waals surface area (Å²) < 4.78 is 77.1. The van der Waals surface area contributed by atoms with Crippen molar-refractivity contribution in [3.8, 4) is 34.8 Å². The molecule has 0 amide bonds. The highest BCUT2D eigenvalue weighted by Gasteiger charge is 2.31. The molecule has 0 aliphatic carbocycles. The predicted molar refractivity (Wildman–Crippen MR) is 124 cm³/mol. The summed E-state index contributed by atoms with van der Waals surface area (Å²) in [6.45, 7) is 0. The van der Waals surface area contributed by atoms with Gasteiger partial charge in [0.25, 0.3) is 10.0 Å². The van der Waals surface area contributed by atoms with Gasteiger partial charge in [0, 0.05) is 17.1 Å². The number of rotatable bonds is 6. The monoisotopic (exact) mass is 527 g/mol. The van der Waals surface area contributed by atoms with Gasteiger partial charge in [0.15, 0.2) is 0 Å². The quantitative estimate of drug-likeness (QED) is 0.348. The number of alkyl halides is 3. The lowest BCUT2D eigenvalue weighted by Gasteiger charge is -2.16. The largest absolute Gasteiger partial charge is 0.455 e. The zero-order chi connectivity index (χ0) is 25.9. The van der Waals surface area contributed by atoms with E-state index in [0.29, 0.717) is 0 Å². The number of benzene rings is 3. The zero-order valence-corrected chi connectivity index (χ0v) is 19.4. The molecule has 0 unspecified atom stereocenters. The number of nitrogens with zero attached hydrogens (tertiary/aromatic N) is 4. The summed E-state index contributed by atoms with van der Waals surface area (Å²) in [5, 5.41) is 18.8. The molecule has 1 aromatic heterocycles. The van der Waals surface area contributed by atoms with Gasteiger partial charge in [-0.3, -0.25) is 4.72 Å². The summed E-state index contributed by atoms with van der Waals surface area (Å²) in [7, 11) is -4.09. The van der Waals surface area contributed by atoms with E-state index in [-0.39, 0.29) is 43.8 Å². The van der Waals surface area contributed by atoms with Gasteiger partial charge in [0.2, 0.25) is 5.13 Å². The van der Waals surface area contributed by atoms with Crippen LogP contribution in [0.1, 0.15) is 16.7 Å². The molecule has 0 saturated heterocycles. The van der Waals surface area contributed by atoms with Crippen LogP contribution < -0.4 is 9.46 Å². The maximum Gasteiger partial charge on any atom is 0.416 e. The molecule has 0 aliphatic heterocycles. The van der Waals surface area contributed by atoms with Crippen molar-refractivity contribution < 1.29 is 26.3 Å². The van der Waals surface area contributed by atoms with Gasteiger partial charge in [-0.05, 0) is 54.1 Å². The average Bonchev–Trinajstić information content (AvgIpc) is 3.36. The first kappa shape index (κ1) is 24.7. The summed E-state index contributed by atoms with van der Waals surface area (Å²) in [6.07, 6.45) is -3.46. The number of hydrogen-bond acceptors (Lipinski definition) is 8. The molecule has 1 N–H and O–H groups in total. The Labute approximate surface area is 207 Å². The van der Waals surface area contributed by atoms with Gasteiger partial charge in [0.05, 0.1) is 27.7 Å². The van der Waals surface area contributed by atoms with E-state index in [9.17, 15) is 32.1 Å². The van der Waals surface area contributed by atoms with Gasteiger partial charge in [-0.25, -0.2) is 13.4 Å². The van der Waals surface area contributed by atoms with Crippen molar-refractivity contribution in [1.82, 2.24) is 9.36 Å². The Morgan fingerprint density at radius 2 is 1.75 bits per heavy atom. The molecule has 0 saturated carbocycles. The molecule has 0 spiro atoms. The second-order valence-corrected chi connectivity index (χ2v) is 9.59. The molecule has 0 radical (unpaired) electrons. The van der Waals surface area contributed by atoms with Crippen LogP contribution in [0.5, 0.6) is 11.5 Å². The van der Waals surface area contributed by atoms with Crippen LogP contribution in [0.25, 0.3) is 11.1 Å². The lowest BCUT2D eigenvalue weighted by molar-refractivity contribution is -0.137. The number of halogens is 3. The number of ether oxygens (including phenoxy) is 1. The zero-order valence-electron chi connectivity index (χ0n) is 17.8. The number of sulfonamides is 1. The number of anilines is 1. The van der Waals surface area contributed by atoms with Crippen LogP contribution in [0.15, 0.2) is 71.9 Å². The van der Waals surface area contributed by atoms with Crippen molar-refractivity contribution in [3.63, 3.8) is 0 Å². The van der Waals surface area contributed by atoms with Crippen molar-refractivity contribution in [3.05, 3.63) is 83.7 Å². The van der Waals surface area contributed by atoms with E-state index in [0.717, 1.165) is 35.8 Å². The van der Waals surface area contributed by atoms with Crippen molar-refractivity contribution in [2.75, 3.05) is 4.72 Å². The first-order valence-corrected chi connectivity index (χ1v) is 12.1. The van der Waals surface area contributed by atoms with Crippen LogP contribution in [-0.2, 0) is 16.2 Å². The molecule has 1 heterocycles. The summed E-state index contributed by atoms with van der Waals surface area (Å²) in [5.74, 6) is -0.109. The first-order valence-electron chi connectivity index (χ1n) is 9.84. The Morgan fingerprint density at radius 3 is 2.42 bits per heavy atom. The molecule has 0 bridgehead atoms. The molecule has 8 nitrogen and oxygen atoms in total. The molecule has 4 rings (SSSR count). The SMILES string of the molecule is N#Cc1cccc(-c2cc(C(F)(F)F)ccc2Oc2ccc(S(=O)(=O)Nc3ncns3)cc2C#N)c1. The Bertz CT molecular complexity index is 1620. The lowest BCUT2D eigenvalue weighted by atomic mass is 10.00. The maximum absolute atomic E-state index is 13.4. The maximum atomic E-state index is 13.4. The summed E-state index contributed by atoms with van der Waals surface area (Å²) >= 11 is 0.823. The predicted octanol–water partition coefficient (Wildman–Crippen LogP) is 5.56. The average molecular weight is 528 g/mol. The van der Waals surface area contributed by atoms with Crippen LogP contribution in [0, 0.1) is 22.7 Å². The number of hydrogen-bond donors (Lipinski definition) is 1. The first-order chi connectivity index (χ1) is 17.1. The van der Waals surface area contributed by atoms with Gasteiger partial charge in [0.1, 0.15) is 23.9 Å². The Balaban J connectivity index is 1.75. The van der Waals surface area contributed by atoms with E-state index in [1.807, 2.05) is 12.1 Å². The Morgan fingerprint density at radius 1 is 0.972 bits per heavy atom. The van der Waals surface area contributed by atoms with Crippen molar-refractivity contribution in [2.45, 2.75) is 11.1 Å². The lowest BCUT2D eigenvalue weighted by Crippen LogP contribution is -2.13. The minimum Gasteiger partial charge on any atom is -0.455 e. The van der Waals surface area contributed by atoms with Crippen molar-refractivity contribution in [2.24, 2.45) is 0 Å².